The van der Waals surface area contributed by atoms with Crippen LogP contribution < -0.4 is 10.2 Å². The van der Waals surface area contributed by atoms with Crippen LogP contribution >= 0.6 is 23.2 Å². The number of ether oxygens (including phenoxy) is 1. The molecule has 0 amide bonds. The number of nitrogens with zero attached hydrogens (tertiary/aromatic N) is 2. The predicted octanol–water partition coefficient (Wildman–Crippen LogP) is 5.55. The van der Waals surface area contributed by atoms with Crippen LogP contribution in [0.25, 0.3) is 0 Å². The van der Waals surface area contributed by atoms with E-state index in [1.165, 1.54) is 6.42 Å². The maximum absolute atomic E-state index is 9.66. The summed E-state index contributed by atoms with van der Waals surface area (Å²) < 4.78 is 5.91. The summed E-state index contributed by atoms with van der Waals surface area (Å²) in [6, 6.07) is 8.82. The van der Waals surface area contributed by atoms with Crippen molar-refractivity contribution >= 4 is 29.0 Å². The number of benzene rings is 1. The summed E-state index contributed by atoms with van der Waals surface area (Å²) in [4.78, 5) is 9.12. The first-order valence-corrected chi connectivity index (χ1v) is 9.41. The van der Waals surface area contributed by atoms with Gasteiger partial charge in [-0.05, 0) is 44.0 Å². The van der Waals surface area contributed by atoms with Crippen LogP contribution in [0, 0.1) is 6.92 Å². The minimum Gasteiger partial charge on any atom is -0.437 e. The van der Waals surface area contributed by atoms with Gasteiger partial charge >= 0.3 is 0 Å². The number of pyridine rings is 1. The fourth-order valence-corrected chi connectivity index (χ4v) is 3.32. The molecular formula is C19H21Cl2N3O2. The minimum atomic E-state index is 0.183. The van der Waals surface area contributed by atoms with E-state index in [-0.39, 0.29) is 6.04 Å². The second-order valence-electron chi connectivity index (χ2n) is 6.36. The number of hydroxylamine groups is 1. The van der Waals surface area contributed by atoms with Gasteiger partial charge in [-0.25, -0.2) is 4.98 Å². The van der Waals surface area contributed by atoms with Gasteiger partial charge < -0.3 is 4.74 Å². The lowest BCUT2D eigenvalue weighted by Gasteiger charge is -2.20. The molecular weight excluding hydrogens is 373 g/mol. The van der Waals surface area contributed by atoms with Gasteiger partial charge in [-0.3, -0.25) is 15.7 Å². The van der Waals surface area contributed by atoms with Crippen LogP contribution in [0.5, 0.6) is 11.6 Å². The number of rotatable bonds is 4. The number of hydrogen-bond donors (Lipinski definition) is 2. The monoisotopic (exact) mass is 393 g/mol. The lowest BCUT2D eigenvalue weighted by atomic mass is 9.96. The fourth-order valence-electron chi connectivity index (χ4n) is 3.00. The summed E-state index contributed by atoms with van der Waals surface area (Å²) in [6.07, 6.45) is 5.57. The Morgan fingerprint density at radius 2 is 1.96 bits per heavy atom. The molecule has 0 saturated heterocycles. The molecule has 7 heteroatoms. The normalized spacial score (nSPS) is 15.8. The molecule has 5 nitrogen and oxygen atoms in total. The fraction of sp³-hybridized carbons (Fsp3) is 0.368. The van der Waals surface area contributed by atoms with Crippen LogP contribution in [-0.4, -0.2) is 22.1 Å². The lowest BCUT2D eigenvalue weighted by molar-refractivity contribution is 0.233. The molecule has 1 fully saturated rings. The van der Waals surface area contributed by atoms with Crippen molar-refractivity contribution in [3.63, 3.8) is 0 Å². The van der Waals surface area contributed by atoms with E-state index in [0.29, 0.717) is 33.1 Å². The number of hydrogen-bond acceptors (Lipinski definition) is 4. The highest BCUT2D eigenvalue weighted by atomic mass is 35.5. The van der Waals surface area contributed by atoms with Crippen LogP contribution in [0.2, 0.25) is 10.0 Å². The molecule has 2 aromatic rings. The molecule has 1 aromatic carbocycles. The molecule has 0 radical (unpaired) electrons. The Balaban J connectivity index is 1.96. The third-order valence-electron chi connectivity index (χ3n) is 4.35. The molecule has 2 N–H and O–H groups in total. The van der Waals surface area contributed by atoms with E-state index in [9.17, 15) is 5.21 Å². The van der Waals surface area contributed by atoms with Gasteiger partial charge in [-0.15, -0.1) is 0 Å². The number of halogens is 2. The van der Waals surface area contributed by atoms with Gasteiger partial charge in [-0.1, -0.05) is 42.5 Å². The van der Waals surface area contributed by atoms with Crippen LogP contribution in [0.4, 0.5) is 0 Å². The highest BCUT2D eigenvalue weighted by Gasteiger charge is 2.18. The molecule has 1 aliphatic rings. The third-order valence-corrected chi connectivity index (χ3v) is 4.89. The Morgan fingerprint density at radius 3 is 2.69 bits per heavy atom. The summed E-state index contributed by atoms with van der Waals surface area (Å²) in [5.74, 6) is 1.05. The Kier molecular flexibility index (Phi) is 6.35. The number of aromatic nitrogens is 1. The molecule has 0 unspecified atom stereocenters. The quantitative estimate of drug-likeness (QED) is 0.406. The Bertz CT molecular complexity index is 805. The molecule has 1 aliphatic carbocycles. The zero-order valence-electron chi connectivity index (χ0n) is 14.5. The van der Waals surface area contributed by atoms with E-state index < -0.39 is 0 Å². The smallest absolute Gasteiger partial charge is 0.230 e. The second kappa shape index (κ2) is 8.71. The van der Waals surface area contributed by atoms with E-state index in [4.69, 9.17) is 27.9 Å². The minimum absolute atomic E-state index is 0.183. The predicted molar refractivity (Wildman–Crippen MR) is 104 cm³/mol. The maximum Gasteiger partial charge on any atom is 0.230 e. The topological polar surface area (TPSA) is 66.7 Å². The maximum atomic E-state index is 9.66. The van der Waals surface area contributed by atoms with Crippen LogP contribution in [0.3, 0.4) is 0 Å². The van der Waals surface area contributed by atoms with Gasteiger partial charge in [-0.2, -0.15) is 0 Å². The molecule has 0 aliphatic heterocycles. The standard InChI is InChI=1S/C19H21Cl2N3O2/c1-12-7-9-15(18(24-25)23-14-5-3-2-4-6-14)19(22-12)26-17-11-13(20)8-10-16(17)21/h7-11,14,25H,2-6H2,1H3,(H,23,24). The molecule has 0 spiro atoms. The van der Waals surface area contributed by atoms with Crippen molar-refractivity contribution in [3.05, 3.63) is 51.6 Å². The van der Waals surface area contributed by atoms with Gasteiger partial charge in [0.2, 0.25) is 5.88 Å². The van der Waals surface area contributed by atoms with Crippen molar-refractivity contribution in [1.29, 1.82) is 0 Å². The van der Waals surface area contributed by atoms with Crippen LogP contribution in [0.1, 0.15) is 43.4 Å². The van der Waals surface area contributed by atoms with Crippen molar-refractivity contribution in [2.24, 2.45) is 4.99 Å². The molecule has 26 heavy (non-hydrogen) atoms. The van der Waals surface area contributed by atoms with Gasteiger partial charge in [0.25, 0.3) is 0 Å². The SMILES string of the molecule is Cc1ccc(C(=NC2CCCCC2)NO)c(Oc2cc(Cl)ccc2Cl)n1. The number of aliphatic imine (C=N–C) groups is 1. The first-order chi connectivity index (χ1) is 12.6. The molecule has 1 aromatic heterocycles. The van der Waals surface area contributed by atoms with Gasteiger partial charge in [0.1, 0.15) is 5.75 Å². The van der Waals surface area contributed by atoms with Gasteiger partial charge in [0.15, 0.2) is 5.84 Å². The van der Waals surface area contributed by atoms with Gasteiger partial charge in [0.05, 0.1) is 16.6 Å². The summed E-state index contributed by atoms with van der Waals surface area (Å²) in [5, 5.41) is 10.6. The second-order valence-corrected chi connectivity index (χ2v) is 7.21. The van der Waals surface area contributed by atoms with E-state index in [1.54, 1.807) is 18.2 Å². The highest BCUT2D eigenvalue weighted by molar-refractivity contribution is 6.34. The van der Waals surface area contributed by atoms with Crippen LogP contribution in [0.15, 0.2) is 35.3 Å². The largest absolute Gasteiger partial charge is 0.437 e. The zero-order valence-corrected chi connectivity index (χ0v) is 16.0. The highest BCUT2D eigenvalue weighted by Crippen LogP contribution is 2.33. The number of amidine groups is 1. The average Bonchev–Trinajstić information content (AvgIpc) is 2.64. The summed E-state index contributed by atoms with van der Waals surface area (Å²) >= 11 is 12.2. The van der Waals surface area contributed by atoms with Crippen molar-refractivity contribution in [2.75, 3.05) is 0 Å². The summed E-state index contributed by atoms with van der Waals surface area (Å²) in [5.41, 5.74) is 3.55. The van der Waals surface area contributed by atoms with E-state index >= 15 is 0 Å². The Labute approximate surface area is 163 Å². The Hall–Kier alpha value is -1.82. The zero-order chi connectivity index (χ0) is 18.5. The van der Waals surface area contributed by atoms with E-state index in [2.05, 4.69) is 15.5 Å². The average molecular weight is 394 g/mol. The van der Waals surface area contributed by atoms with Crippen molar-refractivity contribution in [3.8, 4) is 11.6 Å². The third kappa shape index (κ3) is 4.67. The first kappa shape index (κ1) is 19.0. The molecule has 0 atom stereocenters. The first-order valence-electron chi connectivity index (χ1n) is 8.65. The van der Waals surface area contributed by atoms with E-state index in [0.717, 1.165) is 31.4 Å². The molecule has 138 valence electrons. The molecule has 1 saturated carbocycles. The number of aryl methyl sites for hydroxylation is 1. The van der Waals surface area contributed by atoms with Crippen molar-refractivity contribution < 1.29 is 9.94 Å². The van der Waals surface area contributed by atoms with Crippen molar-refractivity contribution in [2.45, 2.75) is 45.1 Å². The van der Waals surface area contributed by atoms with Gasteiger partial charge in [0, 0.05) is 16.8 Å². The van der Waals surface area contributed by atoms with E-state index in [1.807, 2.05) is 19.1 Å². The summed E-state index contributed by atoms with van der Waals surface area (Å²) in [6.45, 7) is 1.86. The lowest BCUT2D eigenvalue weighted by Crippen LogP contribution is -2.25. The Morgan fingerprint density at radius 1 is 1.19 bits per heavy atom. The van der Waals surface area contributed by atoms with Crippen LogP contribution in [-0.2, 0) is 0 Å². The molecule has 0 bridgehead atoms. The number of nitrogens with one attached hydrogen (secondary N) is 1. The summed E-state index contributed by atoms with van der Waals surface area (Å²) in [7, 11) is 0. The molecule has 3 rings (SSSR count). The molecule has 1 heterocycles. The van der Waals surface area contributed by atoms with Crippen molar-refractivity contribution in [1.82, 2.24) is 10.5 Å².